The summed E-state index contributed by atoms with van der Waals surface area (Å²) in [6, 6.07) is 6.77. The Bertz CT molecular complexity index is 649. The molecule has 0 radical (unpaired) electrons. The summed E-state index contributed by atoms with van der Waals surface area (Å²) in [5.41, 5.74) is 1.47. The Labute approximate surface area is 122 Å². The lowest BCUT2D eigenvalue weighted by Gasteiger charge is -2.12. The topological polar surface area (TPSA) is 67.2 Å². The molecular weight excluding hydrogens is 268 g/mol. The first-order chi connectivity index (χ1) is 10.1. The number of aromatic nitrogens is 2. The molecule has 21 heavy (non-hydrogen) atoms. The van der Waals surface area contributed by atoms with Crippen LogP contribution in [-0.4, -0.2) is 45.9 Å². The first-order valence-electron chi connectivity index (χ1n) is 6.79. The molecule has 108 valence electrons. The SMILES string of the molecule is CN1CC[C@@H](NC(=O)c2ccc(-n3ccnc3)cc2)C1=O. The molecule has 1 atom stereocenters. The third kappa shape index (κ3) is 2.65. The second-order valence-corrected chi connectivity index (χ2v) is 5.09. The van der Waals surface area contributed by atoms with E-state index in [4.69, 9.17) is 0 Å². The van der Waals surface area contributed by atoms with Gasteiger partial charge < -0.3 is 14.8 Å². The van der Waals surface area contributed by atoms with E-state index < -0.39 is 6.04 Å². The predicted molar refractivity (Wildman–Crippen MR) is 77.1 cm³/mol. The van der Waals surface area contributed by atoms with Crippen LogP contribution in [0.15, 0.2) is 43.0 Å². The molecule has 1 aliphatic heterocycles. The van der Waals surface area contributed by atoms with Crippen LogP contribution >= 0.6 is 0 Å². The summed E-state index contributed by atoms with van der Waals surface area (Å²) in [6.45, 7) is 0.684. The average Bonchev–Trinajstić information content (AvgIpc) is 3.13. The standard InChI is InChI=1S/C15H16N4O2/c1-18-8-6-13(15(18)21)17-14(20)11-2-4-12(5-3-11)19-9-7-16-10-19/h2-5,7,9-10,13H,6,8H2,1H3,(H,17,20)/t13-/m1/s1. The Morgan fingerprint density at radius 3 is 2.67 bits per heavy atom. The zero-order valence-electron chi connectivity index (χ0n) is 11.7. The highest BCUT2D eigenvalue weighted by atomic mass is 16.2. The molecular formula is C15H16N4O2. The van der Waals surface area contributed by atoms with Gasteiger partial charge in [0.15, 0.2) is 0 Å². The fourth-order valence-electron chi connectivity index (χ4n) is 2.39. The number of likely N-dealkylation sites (N-methyl/N-ethyl adjacent to an activating group) is 1. The molecule has 1 aromatic carbocycles. The number of benzene rings is 1. The van der Waals surface area contributed by atoms with Crippen LogP contribution in [0, 0.1) is 0 Å². The number of hydrogen-bond donors (Lipinski definition) is 1. The second kappa shape index (κ2) is 5.40. The number of nitrogens with zero attached hydrogens (tertiary/aromatic N) is 3. The maximum Gasteiger partial charge on any atom is 0.251 e. The Hall–Kier alpha value is -2.63. The largest absolute Gasteiger partial charge is 0.344 e. The molecule has 1 fully saturated rings. The Kier molecular flexibility index (Phi) is 3.43. The fourth-order valence-corrected chi connectivity index (χ4v) is 2.39. The number of hydrogen-bond acceptors (Lipinski definition) is 3. The van der Waals surface area contributed by atoms with Gasteiger partial charge in [0.05, 0.1) is 6.33 Å². The lowest BCUT2D eigenvalue weighted by Crippen LogP contribution is -2.40. The van der Waals surface area contributed by atoms with E-state index >= 15 is 0 Å². The van der Waals surface area contributed by atoms with Crippen molar-refractivity contribution in [1.29, 1.82) is 0 Å². The monoisotopic (exact) mass is 284 g/mol. The molecule has 0 aliphatic carbocycles. The summed E-state index contributed by atoms with van der Waals surface area (Å²) in [6.07, 6.45) is 5.89. The Morgan fingerprint density at radius 1 is 1.33 bits per heavy atom. The number of carbonyl (C=O) groups excluding carboxylic acids is 2. The van der Waals surface area contributed by atoms with Crippen molar-refractivity contribution in [3.05, 3.63) is 48.5 Å². The van der Waals surface area contributed by atoms with E-state index in [2.05, 4.69) is 10.3 Å². The van der Waals surface area contributed by atoms with Crippen LogP contribution < -0.4 is 5.32 Å². The summed E-state index contributed by atoms with van der Waals surface area (Å²) in [7, 11) is 1.74. The van der Waals surface area contributed by atoms with Crippen LogP contribution in [-0.2, 0) is 4.79 Å². The van der Waals surface area contributed by atoms with Crippen LogP contribution in [0.4, 0.5) is 0 Å². The van der Waals surface area contributed by atoms with Gasteiger partial charge in [-0.3, -0.25) is 9.59 Å². The van der Waals surface area contributed by atoms with Crippen LogP contribution in [0.5, 0.6) is 0 Å². The van der Waals surface area contributed by atoms with Crippen molar-refractivity contribution in [3.63, 3.8) is 0 Å². The molecule has 2 aromatic rings. The van der Waals surface area contributed by atoms with E-state index in [1.807, 2.05) is 22.9 Å². The van der Waals surface area contributed by atoms with E-state index in [9.17, 15) is 9.59 Å². The highest BCUT2D eigenvalue weighted by molar-refractivity contribution is 5.98. The van der Waals surface area contributed by atoms with Crippen molar-refractivity contribution in [3.8, 4) is 5.69 Å². The lowest BCUT2D eigenvalue weighted by atomic mass is 10.1. The maximum atomic E-state index is 12.1. The molecule has 3 rings (SSSR count). The number of imidazole rings is 1. The molecule has 6 nitrogen and oxygen atoms in total. The normalized spacial score (nSPS) is 18.0. The van der Waals surface area contributed by atoms with Gasteiger partial charge in [-0.25, -0.2) is 4.98 Å². The first kappa shape index (κ1) is 13.4. The summed E-state index contributed by atoms with van der Waals surface area (Å²) in [5, 5.41) is 2.78. The molecule has 1 N–H and O–H groups in total. The summed E-state index contributed by atoms with van der Waals surface area (Å²) in [4.78, 5) is 29.5. The van der Waals surface area contributed by atoms with E-state index in [1.165, 1.54) is 0 Å². The summed E-state index contributed by atoms with van der Waals surface area (Å²) >= 11 is 0. The highest BCUT2D eigenvalue weighted by Crippen LogP contribution is 2.12. The number of amides is 2. The maximum absolute atomic E-state index is 12.1. The lowest BCUT2D eigenvalue weighted by molar-refractivity contribution is -0.128. The van der Waals surface area contributed by atoms with E-state index in [0.717, 1.165) is 5.69 Å². The Morgan fingerprint density at radius 2 is 2.10 bits per heavy atom. The zero-order valence-corrected chi connectivity index (χ0v) is 11.7. The Balaban J connectivity index is 1.69. The average molecular weight is 284 g/mol. The van der Waals surface area contributed by atoms with Gasteiger partial charge in [0.25, 0.3) is 5.91 Å². The van der Waals surface area contributed by atoms with E-state index in [0.29, 0.717) is 18.5 Å². The smallest absolute Gasteiger partial charge is 0.251 e. The second-order valence-electron chi connectivity index (χ2n) is 5.09. The molecule has 0 spiro atoms. The van der Waals surface area contributed by atoms with Crippen LogP contribution in [0.2, 0.25) is 0 Å². The third-order valence-corrected chi connectivity index (χ3v) is 3.66. The van der Waals surface area contributed by atoms with Gasteiger partial charge in [0.2, 0.25) is 5.91 Å². The molecule has 0 saturated carbocycles. The molecule has 2 amide bonds. The molecule has 2 heterocycles. The quantitative estimate of drug-likeness (QED) is 0.908. The molecule has 1 aliphatic rings. The van der Waals surface area contributed by atoms with E-state index in [1.54, 1.807) is 36.6 Å². The van der Waals surface area contributed by atoms with Crippen molar-refractivity contribution in [2.75, 3.05) is 13.6 Å². The van der Waals surface area contributed by atoms with Gasteiger partial charge in [0.1, 0.15) is 6.04 Å². The summed E-state index contributed by atoms with van der Waals surface area (Å²) < 4.78 is 1.86. The molecule has 0 unspecified atom stereocenters. The zero-order chi connectivity index (χ0) is 14.8. The van der Waals surface area contributed by atoms with Gasteiger partial charge in [-0.2, -0.15) is 0 Å². The summed E-state index contributed by atoms with van der Waals surface area (Å²) in [5.74, 6) is -0.251. The van der Waals surface area contributed by atoms with Gasteiger partial charge in [-0.15, -0.1) is 0 Å². The van der Waals surface area contributed by atoms with Crippen molar-refractivity contribution in [1.82, 2.24) is 19.8 Å². The number of carbonyl (C=O) groups is 2. The third-order valence-electron chi connectivity index (χ3n) is 3.66. The van der Waals surface area contributed by atoms with Crippen LogP contribution in [0.3, 0.4) is 0 Å². The van der Waals surface area contributed by atoms with Gasteiger partial charge in [0, 0.05) is 37.2 Å². The minimum atomic E-state index is -0.407. The molecule has 0 bridgehead atoms. The number of likely N-dealkylation sites (tertiary alicyclic amines) is 1. The minimum Gasteiger partial charge on any atom is -0.344 e. The first-order valence-corrected chi connectivity index (χ1v) is 6.79. The number of rotatable bonds is 3. The fraction of sp³-hybridized carbons (Fsp3) is 0.267. The minimum absolute atomic E-state index is 0.0293. The highest BCUT2D eigenvalue weighted by Gasteiger charge is 2.30. The van der Waals surface area contributed by atoms with Crippen molar-refractivity contribution in [2.24, 2.45) is 0 Å². The van der Waals surface area contributed by atoms with Gasteiger partial charge in [-0.1, -0.05) is 0 Å². The molecule has 6 heteroatoms. The van der Waals surface area contributed by atoms with Crippen LogP contribution in [0.1, 0.15) is 16.8 Å². The van der Waals surface area contributed by atoms with Gasteiger partial charge in [-0.05, 0) is 30.7 Å². The number of nitrogens with one attached hydrogen (secondary N) is 1. The molecule has 1 aromatic heterocycles. The van der Waals surface area contributed by atoms with Gasteiger partial charge >= 0.3 is 0 Å². The van der Waals surface area contributed by atoms with E-state index in [-0.39, 0.29) is 11.8 Å². The molecule has 1 saturated heterocycles. The predicted octanol–water partition coefficient (Wildman–Crippen LogP) is 0.833. The van der Waals surface area contributed by atoms with Crippen molar-refractivity contribution >= 4 is 11.8 Å². The van der Waals surface area contributed by atoms with Crippen LogP contribution in [0.25, 0.3) is 5.69 Å². The van der Waals surface area contributed by atoms with Crippen molar-refractivity contribution < 1.29 is 9.59 Å². The van der Waals surface area contributed by atoms with Crippen molar-refractivity contribution in [2.45, 2.75) is 12.5 Å².